The zero-order valence-corrected chi connectivity index (χ0v) is 11.7. The van der Waals surface area contributed by atoms with Gasteiger partial charge >= 0.3 is 0 Å². The van der Waals surface area contributed by atoms with Gasteiger partial charge in [-0.2, -0.15) is 0 Å². The summed E-state index contributed by atoms with van der Waals surface area (Å²) in [6, 6.07) is 0.576. The van der Waals surface area contributed by atoms with Gasteiger partial charge in [-0.3, -0.25) is 9.59 Å². The summed E-state index contributed by atoms with van der Waals surface area (Å²) < 4.78 is 0. The van der Waals surface area contributed by atoms with E-state index in [1.165, 1.54) is 0 Å². The summed E-state index contributed by atoms with van der Waals surface area (Å²) in [4.78, 5) is 27.3. The molecule has 5 heteroatoms. The number of hydrogen-bond donors (Lipinski definition) is 0. The molecule has 0 radical (unpaired) electrons. The molecule has 1 saturated heterocycles. The molecule has 1 heterocycles. The van der Waals surface area contributed by atoms with E-state index in [2.05, 4.69) is 0 Å². The van der Waals surface area contributed by atoms with Crippen molar-refractivity contribution in [2.24, 2.45) is 0 Å². The van der Waals surface area contributed by atoms with E-state index in [1.54, 1.807) is 6.92 Å². The van der Waals surface area contributed by atoms with Crippen LogP contribution in [-0.4, -0.2) is 52.7 Å². The van der Waals surface area contributed by atoms with Gasteiger partial charge in [0.25, 0.3) is 0 Å². The zero-order chi connectivity index (χ0) is 13.1. The second-order valence-corrected chi connectivity index (χ2v) is 5.54. The van der Waals surface area contributed by atoms with E-state index < -0.39 is 0 Å². The highest BCUT2D eigenvalue weighted by atomic mass is 35.5. The molecule has 18 heavy (non-hydrogen) atoms. The van der Waals surface area contributed by atoms with Crippen LogP contribution in [0.15, 0.2) is 0 Å². The maximum absolute atomic E-state index is 11.8. The number of piperidine rings is 1. The Labute approximate surface area is 113 Å². The Morgan fingerprint density at radius 2 is 2.00 bits per heavy atom. The number of hydrogen-bond acceptors (Lipinski definition) is 2. The van der Waals surface area contributed by atoms with E-state index in [9.17, 15) is 9.59 Å². The van der Waals surface area contributed by atoms with Crippen molar-refractivity contribution in [3.05, 3.63) is 0 Å². The molecule has 2 rings (SSSR count). The van der Waals surface area contributed by atoms with Crippen molar-refractivity contribution in [3.8, 4) is 0 Å². The lowest BCUT2D eigenvalue weighted by Crippen LogP contribution is -2.51. The topological polar surface area (TPSA) is 40.6 Å². The van der Waals surface area contributed by atoms with Gasteiger partial charge in [0, 0.05) is 32.1 Å². The third kappa shape index (κ3) is 3.16. The SMILES string of the molecule is CC(=O)N(CC1CCCCN1C(=O)CCl)C1CC1. The predicted octanol–water partition coefficient (Wildman–Crippen LogP) is 1.62. The normalized spacial score (nSPS) is 23.9. The molecule has 2 fully saturated rings. The highest BCUT2D eigenvalue weighted by Gasteiger charge is 2.35. The molecule has 2 amide bonds. The Bertz CT molecular complexity index is 331. The van der Waals surface area contributed by atoms with Crippen molar-refractivity contribution in [2.75, 3.05) is 19.0 Å². The quantitative estimate of drug-likeness (QED) is 0.730. The summed E-state index contributed by atoms with van der Waals surface area (Å²) in [7, 11) is 0. The summed E-state index contributed by atoms with van der Waals surface area (Å²) in [5.74, 6) is 0.169. The fourth-order valence-corrected chi connectivity index (χ4v) is 2.90. The maximum Gasteiger partial charge on any atom is 0.237 e. The van der Waals surface area contributed by atoms with Crippen LogP contribution in [-0.2, 0) is 9.59 Å². The predicted molar refractivity (Wildman–Crippen MR) is 70.5 cm³/mol. The largest absolute Gasteiger partial charge is 0.338 e. The first-order valence-corrected chi connectivity index (χ1v) is 7.29. The number of alkyl halides is 1. The minimum Gasteiger partial charge on any atom is -0.338 e. The average Bonchev–Trinajstić information content (AvgIpc) is 3.19. The zero-order valence-electron chi connectivity index (χ0n) is 10.9. The van der Waals surface area contributed by atoms with E-state index >= 15 is 0 Å². The summed E-state index contributed by atoms with van der Waals surface area (Å²) in [5.41, 5.74) is 0. The Balaban J connectivity index is 1.99. The number of amides is 2. The third-order valence-corrected chi connectivity index (χ3v) is 4.09. The van der Waals surface area contributed by atoms with Crippen LogP contribution >= 0.6 is 11.6 Å². The van der Waals surface area contributed by atoms with Gasteiger partial charge < -0.3 is 9.80 Å². The molecule has 0 aromatic rings. The van der Waals surface area contributed by atoms with Crippen molar-refractivity contribution in [1.82, 2.24) is 9.80 Å². The summed E-state index contributed by atoms with van der Waals surface area (Å²) in [6.45, 7) is 3.09. The number of carbonyl (C=O) groups is 2. The smallest absolute Gasteiger partial charge is 0.237 e. The first-order chi connectivity index (χ1) is 8.63. The second-order valence-electron chi connectivity index (χ2n) is 5.27. The van der Waals surface area contributed by atoms with Crippen molar-refractivity contribution in [3.63, 3.8) is 0 Å². The van der Waals surface area contributed by atoms with Crippen molar-refractivity contribution >= 4 is 23.4 Å². The minimum atomic E-state index is 0.000616. The van der Waals surface area contributed by atoms with E-state index in [4.69, 9.17) is 11.6 Å². The van der Waals surface area contributed by atoms with Crippen LogP contribution in [0, 0.1) is 0 Å². The lowest BCUT2D eigenvalue weighted by atomic mass is 10.0. The molecule has 0 aromatic heterocycles. The molecule has 1 aliphatic heterocycles. The van der Waals surface area contributed by atoms with Gasteiger partial charge in [0.2, 0.25) is 11.8 Å². The van der Waals surface area contributed by atoms with Gasteiger partial charge in [-0.25, -0.2) is 0 Å². The average molecular weight is 273 g/mol. The Morgan fingerprint density at radius 1 is 1.28 bits per heavy atom. The monoisotopic (exact) mass is 272 g/mol. The minimum absolute atomic E-state index is 0.000616. The first kappa shape index (κ1) is 13.7. The molecule has 1 saturated carbocycles. The lowest BCUT2D eigenvalue weighted by molar-refractivity contribution is -0.136. The van der Waals surface area contributed by atoms with Gasteiger partial charge in [-0.15, -0.1) is 11.6 Å². The lowest BCUT2D eigenvalue weighted by Gasteiger charge is -2.38. The molecule has 0 N–H and O–H groups in total. The molecular formula is C13H21ClN2O2. The van der Waals surface area contributed by atoms with Gasteiger partial charge in [0.1, 0.15) is 5.88 Å². The molecule has 0 bridgehead atoms. The fourth-order valence-electron chi connectivity index (χ4n) is 2.74. The van der Waals surface area contributed by atoms with Crippen molar-refractivity contribution in [2.45, 2.75) is 51.1 Å². The van der Waals surface area contributed by atoms with Crippen molar-refractivity contribution < 1.29 is 9.59 Å². The van der Waals surface area contributed by atoms with Crippen LogP contribution in [0.4, 0.5) is 0 Å². The number of likely N-dealkylation sites (tertiary alicyclic amines) is 1. The van der Waals surface area contributed by atoms with Crippen LogP contribution in [0.1, 0.15) is 39.0 Å². The van der Waals surface area contributed by atoms with Crippen LogP contribution in [0.25, 0.3) is 0 Å². The third-order valence-electron chi connectivity index (χ3n) is 3.86. The summed E-state index contributed by atoms with van der Waals surface area (Å²) in [6.07, 6.45) is 5.38. The molecular weight excluding hydrogens is 252 g/mol. The van der Waals surface area contributed by atoms with Gasteiger partial charge in [-0.1, -0.05) is 0 Å². The van der Waals surface area contributed by atoms with E-state index in [-0.39, 0.29) is 23.7 Å². The molecule has 4 nitrogen and oxygen atoms in total. The van der Waals surface area contributed by atoms with Gasteiger partial charge in [0.05, 0.1) is 0 Å². The molecule has 1 atom stereocenters. The number of carbonyl (C=O) groups excluding carboxylic acids is 2. The van der Waals surface area contributed by atoms with E-state index in [1.807, 2.05) is 9.80 Å². The molecule has 2 aliphatic rings. The Hall–Kier alpha value is -0.770. The van der Waals surface area contributed by atoms with Crippen molar-refractivity contribution in [1.29, 1.82) is 0 Å². The molecule has 1 unspecified atom stereocenters. The molecule has 0 spiro atoms. The Kier molecular flexibility index (Phi) is 4.49. The fraction of sp³-hybridized carbons (Fsp3) is 0.846. The highest BCUT2D eigenvalue weighted by molar-refractivity contribution is 6.27. The molecule has 0 aromatic carbocycles. The summed E-state index contributed by atoms with van der Waals surface area (Å²) >= 11 is 5.65. The molecule has 1 aliphatic carbocycles. The van der Waals surface area contributed by atoms with Gasteiger partial charge in [-0.05, 0) is 32.1 Å². The maximum atomic E-state index is 11.8. The van der Waals surface area contributed by atoms with E-state index in [0.29, 0.717) is 12.6 Å². The van der Waals surface area contributed by atoms with Crippen LogP contribution in [0.3, 0.4) is 0 Å². The second kappa shape index (κ2) is 5.91. The summed E-state index contributed by atoms with van der Waals surface area (Å²) in [5, 5.41) is 0. The standard InChI is InChI=1S/C13H21ClN2O2/c1-10(17)16(11-5-6-11)9-12-4-2-3-7-15(12)13(18)8-14/h11-12H,2-9H2,1H3. The molecule has 102 valence electrons. The van der Waals surface area contributed by atoms with Crippen LogP contribution in [0.5, 0.6) is 0 Å². The Morgan fingerprint density at radius 3 is 2.56 bits per heavy atom. The number of halogens is 1. The van der Waals surface area contributed by atoms with Crippen LogP contribution in [0.2, 0.25) is 0 Å². The van der Waals surface area contributed by atoms with E-state index in [0.717, 1.165) is 38.6 Å². The highest BCUT2D eigenvalue weighted by Crippen LogP contribution is 2.29. The first-order valence-electron chi connectivity index (χ1n) is 6.76. The van der Waals surface area contributed by atoms with Crippen LogP contribution < -0.4 is 0 Å². The number of rotatable bonds is 4. The number of nitrogens with zero attached hydrogens (tertiary/aromatic N) is 2. The van der Waals surface area contributed by atoms with Gasteiger partial charge in [0.15, 0.2) is 0 Å².